The van der Waals surface area contributed by atoms with Gasteiger partial charge in [-0.05, 0) is 76.9 Å². The summed E-state index contributed by atoms with van der Waals surface area (Å²) in [5.41, 5.74) is 3.35. The number of benzene rings is 4. The molecular formula is C37H37ClF2N2O5S. The number of hydrogen-bond acceptors (Lipinski definition) is 4. The Morgan fingerprint density at radius 1 is 0.917 bits per heavy atom. The smallest absolute Gasteiger partial charge is 0.266 e. The van der Waals surface area contributed by atoms with Crippen LogP contribution in [0.1, 0.15) is 59.3 Å². The lowest BCUT2D eigenvalue weighted by atomic mass is 9.89. The van der Waals surface area contributed by atoms with Gasteiger partial charge in [-0.15, -0.1) is 0 Å². The zero-order valence-electron chi connectivity index (χ0n) is 27.0. The van der Waals surface area contributed by atoms with Crippen molar-refractivity contribution in [3.05, 3.63) is 129 Å². The first-order valence-electron chi connectivity index (χ1n) is 15.2. The molecule has 7 nitrogen and oxygen atoms in total. The molecule has 4 rings (SSSR count). The van der Waals surface area contributed by atoms with Crippen LogP contribution in [-0.4, -0.2) is 37.1 Å². The minimum absolute atomic E-state index is 0.0259. The van der Waals surface area contributed by atoms with Crippen LogP contribution in [0.2, 0.25) is 5.02 Å². The summed E-state index contributed by atoms with van der Waals surface area (Å²) in [6.07, 6.45) is 4.22. The van der Waals surface area contributed by atoms with E-state index in [1.54, 1.807) is 37.3 Å². The van der Waals surface area contributed by atoms with E-state index in [2.05, 4.69) is 37.5 Å². The molecule has 2 amide bonds. The van der Waals surface area contributed by atoms with Gasteiger partial charge >= 0.3 is 0 Å². The average Bonchev–Trinajstić information content (AvgIpc) is 3.00. The summed E-state index contributed by atoms with van der Waals surface area (Å²) in [6, 6.07) is 20.6. The minimum atomic E-state index is -4.22. The lowest BCUT2D eigenvalue weighted by molar-refractivity contribution is -0.117. The molecule has 48 heavy (non-hydrogen) atoms. The van der Waals surface area contributed by atoms with Crippen molar-refractivity contribution in [3.63, 3.8) is 0 Å². The third kappa shape index (κ3) is 10.3. The summed E-state index contributed by atoms with van der Waals surface area (Å²) in [5.74, 6) is -4.05. The molecule has 0 bridgehead atoms. The topological polar surface area (TPSA) is 113 Å². The predicted octanol–water partition coefficient (Wildman–Crippen LogP) is 8.24. The van der Waals surface area contributed by atoms with Crippen LogP contribution in [0.5, 0.6) is 0 Å². The number of rotatable bonds is 11. The quantitative estimate of drug-likeness (QED) is 0.137. The lowest BCUT2D eigenvalue weighted by Gasteiger charge is -2.19. The Morgan fingerprint density at radius 2 is 1.58 bits per heavy atom. The molecule has 1 atom stereocenters. The number of carbonyl (C=O) groups is 2. The summed E-state index contributed by atoms with van der Waals surface area (Å²) >= 11 is 6.03. The number of amides is 2. The first-order valence-corrected chi connectivity index (χ1v) is 17.2. The van der Waals surface area contributed by atoms with E-state index >= 15 is 8.78 Å². The highest BCUT2D eigenvalue weighted by atomic mass is 35.5. The van der Waals surface area contributed by atoms with Crippen molar-refractivity contribution in [2.24, 2.45) is 5.41 Å². The monoisotopic (exact) mass is 694 g/mol. The second-order valence-corrected chi connectivity index (χ2v) is 14.6. The molecule has 1 unspecified atom stereocenters. The van der Waals surface area contributed by atoms with Gasteiger partial charge in [-0.2, -0.15) is 8.42 Å². The average molecular weight is 695 g/mol. The normalized spacial score (nSPS) is 12.6. The first-order chi connectivity index (χ1) is 22.5. The van der Waals surface area contributed by atoms with Crippen molar-refractivity contribution in [2.45, 2.75) is 40.0 Å². The number of aryl methyl sites for hydroxylation is 1. The Balaban J connectivity index is 1.60. The van der Waals surface area contributed by atoms with Crippen LogP contribution < -0.4 is 10.6 Å². The Bertz CT molecular complexity index is 1940. The van der Waals surface area contributed by atoms with Crippen LogP contribution >= 0.6 is 11.6 Å². The van der Waals surface area contributed by atoms with E-state index in [9.17, 15) is 18.0 Å². The highest BCUT2D eigenvalue weighted by molar-refractivity contribution is 7.85. The van der Waals surface area contributed by atoms with Gasteiger partial charge in [0, 0.05) is 28.8 Å². The summed E-state index contributed by atoms with van der Waals surface area (Å²) in [7, 11) is -4.22. The second kappa shape index (κ2) is 15.2. The molecular weight excluding hydrogens is 658 g/mol. The third-order valence-corrected chi connectivity index (χ3v) is 8.48. The number of anilines is 1. The molecule has 0 radical (unpaired) electrons. The summed E-state index contributed by atoms with van der Waals surface area (Å²) in [5, 5.41) is 5.47. The maximum Gasteiger partial charge on any atom is 0.266 e. The largest absolute Gasteiger partial charge is 0.351 e. The van der Waals surface area contributed by atoms with Crippen LogP contribution in [0.3, 0.4) is 0 Å². The van der Waals surface area contributed by atoms with Gasteiger partial charge in [0.1, 0.15) is 11.6 Å². The summed E-state index contributed by atoms with van der Waals surface area (Å²) < 4.78 is 61.4. The SMILES string of the molecule is Cc1cc(Cl)ccc1-c1cc(F)c(NC(=O)C(Cc2ccc(C(=O)NCCS(=O)(=O)O)cc2)c2ccc(/C=C/C(C)(C)C)cc2)cc1F. The van der Waals surface area contributed by atoms with Gasteiger partial charge in [0.2, 0.25) is 5.91 Å². The molecule has 0 saturated carbocycles. The van der Waals surface area contributed by atoms with Crippen LogP contribution in [0, 0.1) is 24.0 Å². The van der Waals surface area contributed by atoms with Crippen molar-refractivity contribution in [1.29, 1.82) is 0 Å². The van der Waals surface area contributed by atoms with Crippen LogP contribution in [0.15, 0.2) is 84.9 Å². The van der Waals surface area contributed by atoms with E-state index in [1.165, 1.54) is 12.1 Å². The first kappa shape index (κ1) is 36.5. The molecule has 0 spiro atoms. The van der Waals surface area contributed by atoms with Crippen molar-refractivity contribution < 1.29 is 31.3 Å². The molecule has 0 heterocycles. The Kier molecular flexibility index (Phi) is 11.6. The summed E-state index contributed by atoms with van der Waals surface area (Å²) in [6.45, 7) is 7.72. The fraction of sp³-hybridized carbons (Fsp3) is 0.243. The predicted molar refractivity (Wildman–Crippen MR) is 187 cm³/mol. The van der Waals surface area contributed by atoms with Gasteiger partial charge in [0.25, 0.3) is 16.0 Å². The molecule has 0 saturated heterocycles. The number of halogens is 3. The van der Waals surface area contributed by atoms with Gasteiger partial charge in [-0.1, -0.05) is 87.0 Å². The molecule has 0 aliphatic carbocycles. The standard InChI is InChI=1S/C37H37ClF2N2O5S/c1-23-19-28(38)13-14-29(23)31-21-33(40)34(22-32(31)39)42-36(44)30(26-9-5-24(6-10-26)15-16-37(2,3)4)20-25-7-11-27(12-8-25)35(43)41-17-18-48(45,46)47/h5-16,19,21-22,30H,17-18,20H2,1-4H3,(H,41,43)(H,42,44)(H,45,46,47)/b16-15+. The fourth-order valence-corrected chi connectivity index (χ4v) is 5.56. The second-order valence-electron chi connectivity index (χ2n) is 12.6. The molecule has 0 aliphatic heterocycles. The Hall–Kier alpha value is -4.38. The van der Waals surface area contributed by atoms with E-state index in [1.807, 2.05) is 30.3 Å². The van der Waals surface area contributed by atoms with Gasteiger partial charge in [0.15, 0.2) is 0 Å². The maximum absolute atomic E-state index is 15.4. The van der Waals surface area contributed by atoms with Crippen LogP contribution in [-0.2, 0) is 21.3 Å². The highest BCUT2D eigenvalue weighted by Crippen LogP contribution is 2.32. The van der Waals surface area contributed by atoms with Crippen molar-refractivity contribution in [3.8, 4) is 11.1 Å². The third-order valence-electron chi connectivity index (χ3n) is 7.53. The lowest BCUT2D eigenvalue weighted by Crippen LogP contribution is -2.28. The van der Waals surface area contributed by atoms with E-state index < -0.39 is 45.2 Å². The molecule has 0 aromatic heterocycles. The van der Waals surface area contributed by atoms with Crippen molar-refractivity contribution in [2.75, 3.05) is 17.6 Å². The zero-order valence-corrected chi connectivity index (χ0v) is 28.6. The van der Waals surface area contributed by atoms with Gasteiger partial charge < -0.3 is 10.6 Å². The van der Waals surface area contributed by atoms with E-state index in [4.69, 9.17) is 16.2 Å². The van der Waals surface area contributed by atoms with Gasteiger partial charge in [-0.3, -0.25) is 14.1 Å². The maximum atomic E-state index is 15.4. The number of hydrogen-bond donors (Lipinski definition) is 3. The number of carbonyl (C=O) groups excluding carboxylic acids is 2. The molecule has 4 aromatic rings. The molecule has 0 aliphatic rings. The van der Waals surface area contributed by atoms with Crippen molar-refractivity contribution >= 4 is 45.3 Å². The van der Waals surface area contributed by atoms with E-state index in [0.717, 1.165) is 17.7 Å². The van der Waals surface area contributed by atoms with E-state index in [0.29, 0.717) is 27.3 Å². The molecule has 0 fully saturated rings. The fourth-order valence-electron chi connectivity index (χ4n) is 4.97. The summed E-state index contributed by atoms with van der Waals surface area (Å²) in [4.78, 5) is 26.2. The molecule has 3 N–H and O–H groups in total. The van der Waals surface area contributed by atoms with E-state index in [-0.39, 0.29) is 35.2 Å². The highest BCUT2D eigenvalue weighted by Gasteiger charge is 2.24. The molecule has 4 aromatic carbocycles. The molecule has 252 valence electrons. The van der Waals surface area contributed by atoms with Gasteiger partial charge in [-0.25, -0.2) is 8.78 Å². The van der Waals surface area contributed by atoms with Crippen molar-refractivity contribution in [1.82, 2.24) is 5.32 Å². The minimum Gasteiger partial charge on any atom is -0.351 e. The van der Waals surface area contributed by atoms with Crippen LogP contribution in [0.25, 0.3) is 17.2 Å². The Morgan fingerprint density at radius 3 is 2.19 bits per heavy atom. The number of nitrogens with one attached hydrogen (secondary N) is 2. The Labute approximate surface area is 284 Å². The zero-order chi connectivity index (χ0) is 35.2. The number of allylic oxidation sites excluding steroid dienone is 1. The van der Waals surface area contributed by atoms with Crippen LogP contribution in [0.4, 0.5) is 14.5 Å². The van der Waals surface area contributed by atoms with Gasteiger partial charge in [0.05, 0.1) is 17.4 Å². The molecule has 11 heteroatoms.